The van der Waals surface area contributed by atoms with Gasteiger partial charge in [-0.05, 0) is 39.1 Å². The molecule has 10 heteroatoms. The second-order valence-electron chi connectivity index (χ2n) is 7.26. The first-order valence-corrected chi connectivity index (χ1v) is 11.1. The molecule has 0 amide bonds. The number of likely N-dealkylation sites (N-methyl/N-ethyl adjacent to an activating group) is 1. The maximum absolute atomic E-state index is 12.9. The topological polar surface area (TPSA) is 105 Å². The van der Waals surface area contributed by atoms with Gasteiger partial charge in [0.15, 0.2) is 9.84 Å². The highest BCUT2D eigenvalue weighted by Gasteiger charge is 2.26. The molecule has 2 rings (SSSR count). The fourth-order valence-corrected chi connectivity index (χ4v) is 4.14. The molecule has 9 nitrogen and oxygen atoms in total. The van der Waals surface area contributed by atoms with E-state index in [1.807, 2.05) is 7.05 Å². The van der Waals surface area contributed by atoms with E-state index >= 15 is 0 Å². The number of esters is 2. The van der Waals surface area contributed by atoms with Crippen LogP contribution in [0, 0.1) is 0 Å². The third kappa shape index (κ3) is 5.51. The van der Waals surface area contributed by atoms with Gasteiger partial charge >= 0.3 is 11.9 Å². The van der Waals surface area contributed by atoms with Crippen LogP contribution >= 0.6 is 0 Å². The Morgan fingerprint density at radius 1 is 1.10 bits per heavy atom. The molecule has 0 radical (unpaired) electrons. The molecule has 1 aliphatic rings. The minimum absolute atomic E-state index is 0.0371. The number of hydrogen-bond donors (Lipinski definition) is 1. The molecule has 1 aromatic carbocycles. The predicted octanol–water partition coefficient (Wildman–Crippen LogP) is 1.26. The molecule has 1 aliphatic heterocycles. The number of nitrogens with zero attached hydrogens (tertiary/aromatic N) is 2. The molecule has 30 heavy (non-hydrogen) atoms. The van der Waals surface area contributed by atoms with E-state index in [2.05, 4.69) is 19.9 Å². The summed E-state index contributed by atoms with van der Waals surface area (Å²) < 4.78 is 35.1. The number of carbonyl (C=O) groups excluding carboxylic acids is 2. The molecule has 166 valence electrons. The van der Waals surface area contributed by atoms with Crippen molar-refractivity contribution in [2.75, 3.05) is 57.7 Å². The van der Waals surface area contributed by atoms with Crippen molar-refractivity contribution in [1.29, 1.82) is 0 Å². The fourth-order valence-electron chi connectivity index (χ4n) is 2.96. The SMILES string of the molecule is COC(=O)/C=C(/Nc1cc(N2CCN(C)CC2)ccc1S(=O)(=O)C(C)C)C(=O)OC. The van der Waals surface area contributed by atoms with Gasteiger partial charge in [0.1, 0.15) is 5.70 Å². The van der Waals surface area contributed by atoms with Gasteiger partial charge in [-0.1, -0.05) is 0 Å². The van der Waals surface area contributed by atoms with Crippen molar-refractivity contribution in [3.8, 4) is 0 Å². The van der Waals surface area contributed by atoms with E-state index in [1.54, 1.807) is 26.0 Å². The van der Waals surface area contributed by atoms with Crippen LogP contribution in [0.1, 0.15) is 13.8 Å². The Balaban J connectivity index is 2.54. The average molecular weight is 440 g/mol. The molecule has 1 heterocycles. The van der Waals surface area contributed by atoms with E-state index < -0.39 is 27.0 Å². The Kier molecular flexibility index (Phi) is 7.85. The van der Waals surface area contributed by atoms with Crippen LogP contribution < -0.4 is 10.2 Å². The first kappa shape index (κ1) is 23.7. The molecule has 0 aromatic heterocycles. The lowest BCUT2D eigenvalue weighted by Crippen LogP contribution is -2.44. The van der Waals surface area contributed by atoms with Crippen LogP contribution in [-0.4, -0.2) is 78.0 Å². The number of benzene rings is 1. The largest absolute Gasteiger partial charge is 0.466 e. The number of rotatable bonds is 7. The summed E-state index contributed by atoms with van der Waals surface area (Å²) in [7, 11) is 0.729. The van der Waals surface area contributed by atoms with E-state index in [0.29, 0.717) is 0 Å². The number of hydrogen-bond acceptors (Lipinski definition) is 9. The summed E-state index contributed by atoms with van der Waals surface area (Å²) >= 11 is 0. The van der Waals surface area contributed by atoms with Crippen LogP contribution in [0.15, 0.2) is 34.9 Å². The van der Waals surface area contributed by atoms with Crippen molar-refractivity contribution in [3.05, 3.63) is 30.0 Å². The second kappa shape index (κ2) is 9.94. The number of sulfone groups is 1. The van der Waals surface area contributed by atoms with Crippen molar-refractivity contribution < 1.29 is 27.5 Å². The van der Waals surface area contributed by atoms with Gasteiger partial charge in [0.05, 0.1) is 36.1 Å². The summed E-state index contributed by atoms with van der Waals surface area (Å²) in [6.45, 7) is 6.50. The minimum Gasteiger partial charge on any atom is -0.466 e. The van der Waals surface area contributed by atoms with Crippen LogP contribution in [0.5, 0.6) is 0 Å². The molecular formula is C20H29N3O6S. The molecule has 0 saturated carbocycles. The summed E-state index contributed by atoms with van der Waals surface area (Å²) in [5, 5.41) is 2.11. The van der Waals surface area contributed by atoms with Gasteiger partial charge in [-0.15, -0.1) is 0 Å². The molecule has 1 saturated heterocycles. The molecule has 1 aromatic rings. The number of ether oxygens (including phenoxy) is 2. The van der Waals surface area contributed by atoms with Crippen molar-refractivity contribution in [2.24, 2.45) is 0 Å². The highest BCUT2D eigenvalue weighted by atomic mass is 32.2. The van der Waals surface area contributed by atoms with Gasteiger partial charge in [-0.2, -0.15) is 0 Å². The summed E-state index contributed by atoms with van der Waals surface area (Å²) in [4.78, 5) is 28.2. The number of piperazine rings is 1. The smallest absolute Gasteiger partial charge is 0.354 e. The van der Waals surface area contributed by atoms with E-state index in [-0.39, 0.29) is 16.3 Å². The van der Waals surface area contributed by atoms with Crippen molar-refractivity contribution >= 4 is 33.2 Å². The standard InChI is InChI=1S/C20H29N3O6S/c1-14(2)30(26,27)18-7-6-15(23-10-8-22(3)9-11-23)12-16(18)21-17(20(25)29-5)13-19(24)28-4/h6-7,12-14,21H,8-11H2,1-5H3/b17-13+. The zero-order valence-electron chi connectivity index (χ0n) is 18.0. The van der Waals surface area contributed by atoms with Gasteiger partial charge < -0.3 is 24.6 Å². The molecule has 0 bridgehead atoms. The normalized spacial score (nSPS) is 15.8. The Bertz CT molecular complexity index is 918. The van der Waals surface area contributed by atoms with Gasteiger partial charge in [0.25, 0.3) is 0 Å². The summed E-state index contributed by atoms with van der Waals surface area (Å²) in [5.41, 5.74) is 0.788. The van der Waals surface area contributed by atoms with Gasteiger partial charge in [-0.25, -0.2) is 18.0 Å². The zero-order chi connectivity index (χ0) is 22.5. The van der Waals surface area contributed by atoms with E-state index in [9.17, 15) is 18.0 Å². The van der Waals surface area contributed by atoms with E-state index in [0.717, 1.165) is 37.9 Å². The van der Waals surface area contributed by atoms with Crippen LogP contribution in [0.2, 0.25) is 0 Å². The monoisotopic (exact) mass is 439 g/mol. The predicted molar refractivity (Wildman–Crippen MR) is 114 cm³/mol. The lowest BCUT2D eigenvalue weighted by atomic mass is 10.2. The first-order chi connectivity index (χ1) is 14.1. The molecule has 1 fully saturated rings. The second-order valence-corrected chi connectivity index (χ2v) is 9.73. The lowest BCUT2D eigenvalue weighted by molar-refractivity contribution is -0.138. The van der Waals surface area contributed by atoms with Crippen molar-refractivity contribution in [2.45, 2.75) is 24.0 Å². The Labute approximate surface area is 177 Å². The number of anilines is 2. The van der Waals surface area contributed by atoms with Crippen LogP contribution in [0.25, 0.3) is 0 Å². The molecule has 0 atom stereocenters. The summed E-state index contributed by atoms with van der Waals surface area (Å²) in [6, 6.07) is 4.96. The number of methoxy groups -OCH3 is 2. The highest BCUT2D eigenvalue weighted by molar-refractivity contribution is 7.92. The van der Waals surface area contributed by atoms with Crippen LogP contribution in [-0.2, 0) is 28.9 Å². The van der Waals surface area contributed by atoms with Crippen molar-refractivity contribution in [3.63, 3.8) is 0 Å². The Hall–Kier alpha value is -2.59. The van der Waals surface area contributed by atoms with Gasteiger partial charge in [0, 0.05) is 31.9 Å². The van der Waals surface area contributed by atoms with E-state index in [1.165, 1.54) is 20.3 Å². The number of carbonyl (C=O) groups is 2. The Morgan fingerprint density at radius 3 is 2.27 bits per heavy atom. The number of nitrogens with one attached hydrogen (secondary N) is 1. The first-order valence-electron chi connectivity index (χ1n) is 9.56. The van der Waals surface area contributed by atoms with Gasteiger partial charge in [0.2, 0.25) is 0 Å². The maximum Gasteiger partial charge on any atom is 0.354 e. The fraction of sp³-hybridized carbons (Fsp3) is 0.500. The van der Waals surface area contributed by atoms with E-state index in [4.69, 9.17) is 4.74 Å². The highest BCUT2D eigenvalue weighted by Crippen LogP contribution is 2.31. The third-order valence-corrected chi connectivity index (χ3v) is 7.11. The molecule has 0 unspecified atom stereocenters. The molecular weight excluding hydrogens is 410 g/mol. The zero-order valence-corrected chi connectivity index (χ0v) is 18.8. The molecule has 0 spiro atoms. The summed E-state index contributed by atoms with van der Waals surface area (Å²) in [6.07, 6.45) is 0.931. The van der Waals surface area contributed by atoms with Crippen LogP contribution in [0.4, 0.5) is 11.4 Å². The minimum atomic E-state index is -3.66. The quantitative estimate of drug-likeness (QED) is 0.496. The summed E-state index contributed by atoms with van der Waals surface area (Å²) in [5.74, 6) is -1.59. The average Bonchev–Trinajstić information content (AvgIpc) is 2.72. The molecule has 0 aliphatic carbocycles. The van der Waals surface area contributed by atoms with Crippen molar-refractivity contribution in [1.82, 2.24) is 4.90 Å². The van der Waals surface area contributed by atoms with Gasteiger partial charge in [-0.3, -0.25) is 0 Å². The maximum atomic E-state index is 12.9. The lowest BCUT2D eigenvalue weighted by Gasteiger charge is -2.34. The molecule has 1 N–H and O–H groups in total. The Morgan fingerprint density at radius 2 is 1.73 bits per heavy atom. The van der Waals surface area contributed by atoms with Crippen LogP contribution in [0.3, 0.4) is 0 Å². The third-order valence-electron chi connectivity index (χ3n) is 4.90.